The van der Waals surface area contributed by atoms with E-state index in [0.717, 1.165) is 96.3 Å². The van der Waals surface area contributed by atoms with Crippen LogP contribution in [0.2, 0.25) is 0 Å². The second kappa shape index (κ2) is 53.5. The summed E-state index contributed by atoms with van der Waals surface area (Å²) >= 11 is 0. The minimum Gasteiger partial charge on any atom is -0.462 e. The van der Waals surface area contributed by atoms with E-state index in [2.05, 4.69) is 93.7 Å². The minimum absolute atomic E-state index is 0.0913. The van der Waals surface area contributed by atoms with Gasteiger partial charge in [0.15, 0.2) is 6.10 Å². The third kappa shape index (κ3) is 51.7. The van der Waals surface area contributed by atoms with Gasteiger partial charge in [0.05, 0.1) is 0 Å². The molecule has 0 saturated heterocycles. The number of esters is 3. The van der Waals surface area contributed by atoms with Crippen molar-refractivity contribution in [2.24, 2.45) is 0 Å². The van der Waals surface area contributed by atoms with E-state index in [1.807, 2.05) is 0 Å². The van der Waals surface area contributed by atoms with Crippen molar-refractivity contribution in [1.29, 1.82) is 0 Å². The molecule has 6 heteroatoms. The molecule has 0 N–H and O–H groups in total. The molecule has 0 rings (SSSR count). The van der Waals surface area contributed by atoms with Crippen LogP contribution in [0.15, 0.2) is 72.9 Å². The van der Waals surface area contributed by atoms with Gasteiger partial charge in [-0.3, -0.25) is 14.4 Å². The van der Waals surface area contributed by atoms with Crippen molar-refractivity contribution in [2.75, 3.05) is 13.2 Å². The van der Waals surface area contributed by atoms with E-state index in [0.29, 0.717) is 19.3 Å². The second-order valence-electron chi connectivity index (χ2n) is 18.1. The lowest BCUT2D eigenvalue weighted by Crippen LogP contribution is -2.30. The SMILES string of the molecule is CC/C=C\C/C=C\C/C=C\CCCCCCCCCCCC(=O)OCC(COC(=O)CCCCCCC/C=C\CCCCC)OC(=O)CCCCC/C=C\C=C/CCCCCCCCC. The van der Waals surface area contributed by atoms with Crippen LogP contribution < -0.4 is 0 Å². The Kier molecular flexibility index (Phi) is 50.9. The summed E-state index contributed by atoms with van der Waals surface area (Å²) in [6.07, 6.45) is 67.4. The zero-order chi connectivity index (χ0) is 47.2. The van der Waals surface area contributed by atoms with E-state index in [1.165, 1.54) is 128 Å². The molecule has 0 aromatic carbocycles. The minimum atomic E-state index is -0.794. The molecule has 1 atom stereocenters. The highest BCUT2D eigenvalue weighted by Gasteiger charge is 2.19. The molecule has 0 fully saturated rings. The molecule has 0 aliphatic heterocycles. The molecule has 0 bridgehead atoms. The Morgan fingerprint density at radius 1 is 0.338 bits per heavy atom. The Balaban J connectivity index is 4.40. The number of hydrogen-bond acceptors (Lipinski definition) is 6. The van der Waals surface area contributed by atoms with Crippen molar-refractivity contribution in [1.82, 2.24) is 0 Å². The van der Waals surface area contributed by atoms with E-state index in [9.17, 15) is 14.4 Å². The first kappa shape index (κ1) is 61.9. The molecule has 6 nitrogen and oxygen atoms in total. The molecule has 0 spiro atoms. The number of carbonyl (C=O) groups excluding carboxylic acids is 3. The van der Waals surface area contributed by atoms with Gasteiger partial charge in [0.25, 0.3) is 0 Å². The van der Waals surface area contributed by atoms with Crippen LogP contribution in [0.25, 0.3) is 0 Å². The molecule has 0 amide bonds. The van der Waals surface area contributed by atoms with Crippen LogP contribution in [0, 0.1) is 0 Å². The average Bonchev–Trinajstić information content (AvgIpc) is 3.30. The third-order valence-corrected chi connectivity index (χ3v) is 11.7. The molecule has 65 heavy (non-hydrogen) atoms. The molecule has 0 aliphatic rings. The molecule has 0 aromatic rings. The van der Waals surface area contributed by atoms with Gasteiger partial charge in [-0.2, -0.15) is 0 Å². The topological polar surface area (TPSA) is 78.9 Å². The van der Waals surface area contributed by atoms with E-state index < -0.39 is 6.10 Å². The molecule has 1 unspecified atom stereocenters. The van der Waals surface area contributed by atoms with Crippen LogP contribution in [0.4, 0.5) is 0 Å². The summed E-state index contributed by atoms with van der Waals surface area (Å²) in [7, 11) is 0. The molecular formula is C59H102O6. The Morgan fingerprint density at radius 3 is 1.09 bits per heavy atom. The monoisotopic (exact) mass is 907 g/mol. The van der Waals surface area contributed by atoms with Crippen molar-refractivity contribution in [3.8, 4) is 0 Å². The highest BCUT2D eigenvalue weighted by atomic mass is 16.6. The number of carbonyl (C=O) groups is 3. The zero-order valence-electron chi connectivity index (χ0n) is 42.7. The first-order valence-electron chi connectivity index (χ1n) is 27.5. The van der Waals surface area contributed by atoms with Crippen molar-refractivity contribution in [3.63, 3.8) is 0 Å². The zero-order valence-corrected chi connectivity index (χ0v) is 42.7. The highest BCUT2D eigenvalue weighted by molar-refractivity contribution is 5.71. The molecule has 0 radical (unpaired) electrons. The van der Waals surface area contributed by atoms with Gasteiger partial charge in [0.2, 0.25) is 0 Å². The largest absolute Gasteiger partial charge is 0.462 e. The number of ether oxygens (including phenoxy) is 3. The summed E-state index contributed by atoms with van der Waals surface area (Å²) in [6.45, 7) is 6.47. The summed E-state index contributed by atoms with van der Waals surface area (Å²) in [5.74, 6) is -0.928. The molecule has 0 saturated carbocycles. The van der Waals surface area contributed by atoms with Crippen LogP contribution in [-0.4, -0.2) is 37.2 Å². The maximum Gasteiger partial charge on any atom is 0.306 e. The van der Waals surface area contributed by atoms with Crippen molar-refractivity contribution < 1.29 is 28.6 Å². The van der Waals surface area contributed by atoms with Crippen LogP contribution in [0.1, 0.15) is 265 Å². The molecule has 374 valence electrons. The quantitative estimate of drug-likeness (QED) is 0.0199. The van der Waals surface area contributed by atoms with Crippen molar-refractivity contribution in [3.05, 3.63) is 72.9 Å². The van der Waals surface area contributed by atoms with E-state index in [4.69, 9.17) is 14.2 Å². The summed E-state index contributed by atoms with van der Waals surface area (Å²) in [5.41, 5.74) is 0. The Morgan fingerprint density at radius 2 is 0.646 bits per heavy atom. The average molecular weight is 907 g/mol. The van der Waals surface area contributed by atoms with Gasteiger partial charge in [-0.05, 0) is 103 Å². The van der Waals surface area contributed by atoms with E-state index in [1.54, 1.807) is 0 Å². The van der Waals surface area contributed by atoms with Gasteiger partial charge in [0.1, 0.15) is 13.2 Å². The Bertz CT molecular complexity index is 1230. The summed E-state index contributed by atoms with van der Waals surface area (Å²) in [6, 6.07) is 0. The number of unbranched alkanes of at least 4 members (excludes halogenated alkanes) is 27. The molecule has 0 aromatic heterocycles. The smallest absolute Gasteiger partial charge is 0.306 e. The third-order valence-electron chi connectivity index (χ3n) is 11.7. The van der Waals surface area contributed by atoms with Gasteiger partial charge in [0, 0.05) is 19.3 Å². The van der Waals surface area contributed by atoms with Gasteiger partial charge in [-0.1, -0.05) is 216 Å². The van der Waals surface area contributed by atoms with Gasteiger partial charge >= 0.3 is 17.9 Å². The normalized spacial score (nSPS) is 12.6. The summed E-state index contributed by atoms with van der Waals surface area (Å²) < 4.78 is 16.8. The maximum atomic E-state index is 12.8. The second-order valence-corrected chi connectivity index (χ2v) is 18.1. The number of allylic oxidation sites excluding steroid dienone is 12. The standard InChI is InChI=1S/C59H102O6/c1-4-7-10-13-16-19-22-25-27-29-30-31-33-34-37-40-43-46-49-52-58(61)64-55-56(54-63-57(60)51-48-45-42-39-36-24-21-18-15-12-9-6-3)65-59(62)53-50-47-44-41-38-35-32-28-26-23-20-17-14-11-8-5-2/h7,10,16,18-19,21,25,27-28,32,35,38,56H,4-6,8-9,11-15,17,20,22-24,26,29-31,33-34,36-37,39-55H2,1-3H3/b10-7-,19-16-,21-18-,27-25-,32-28-,38-35-. The first-order valence-corrected chi connectivity index (χ1v) is 27.5. The van der Waals surface area contributed by atoms with Crippen molar-refractivity contribution >= 4 is 17.9 Å². The lowest BCUT2D eigenvalue weighted by Gasteiger charge is -2.18. The fourth-order valence-corrected chi connectivity index (χ4v) is 7.56. The predicted octanol–water partition coefficient (Wildman–Crippen LogP) is 18.2. The first-order chi connectivity index (χ1) is 32.0. The molecular weight excluding hydrogens is 805 g/mol. The van der Waals surface area contributed by atoms with Crippen LogP contribution in [-0.2, 0) is 28.6 Å². The number of hydrogen-bond donors (Lipinski definition) is 0. The molecule has 0 aliphatic carbocycles. The summed E-state index contributed by atoms with van der Waals surface area (Å²) in [4.78, 5) is 38.0. The fourth-order valence-electron chi connectivity index (χ4n) is 7.56. The lowest BCUT2D eigenvalue weighted by atomic mass is 10.1. The maximum absolute atomic E-state index is 12.8. The Labute approximate surface area is 402 Å². The van der Waals surface area contributed by atoms with Gasteiger partial charge in [-0.25, -0.2) is 0 Å². The van der Waals surface area contributed by atoms with Gasteiger partial charge < -0.3 is 14.2 Å². The van der Waals surface area contributed by atoms with Crippen LogP contribution >= 0.6 is 0 Å². The fraction of sp³-hybridized carbons (Fsp3) is 0.746. The molecule has 0 heterocycles. The number of rotatable bonds is 49. The Hall–Kier alpha value is -3.15. The highest BCUT2D eigenvalue weighted by Crippen LogP contribution is 2.14. The predicted molar refractivity (Wildman–Crippen MR) is 279 cm³/mol. The van der Waals surface area contributed by atoms with Crippen LogP contribution in [0.3, 0.4) is 0 Å². The van der Waals surface area contributed by atoms with Gasteiger partial charge in [-0.15, -0.1) is 0 Å². The summed E-state index contributed by atoms with van der Waals surface area (Å²) in [5, 5.41) is 0. The van der Waals surface area contributed by atoms with E-state index in [-0.39, 0.29) is 31.1 Å². The van der Waals surface area contributed by atoms with Crippen LogP contribution in [0.5, 0.6) is 0 Å². The van der Waals surface area contributed by atoms with Crippen molar-refractivity contribution in [2.45, 2.75) is 271 Å². The lowest BCUT2D eigenvalue weighted by molar-refractivity contribution is -0.167. The van der Waals surface area contributed by atoms with E-state index >= 15 is 0 Å².